The van der Waals surface area contributed by atoms with Crippen molar-refractivity contribution in [2.75, 3.05) is 17.7 Å². The molecule has 1 heterocycles. The molecule has 0 fully saturated rings. The third-order valence-electron chi connectivity index (χ3n) is 3.36. The predicted molar refractivity (Wildman–Crippen MR) is 97.3 cm³/mol. The van der Waals surface area contributed by atoms with Crippen molar-refractivity contribution < 1.29 is 13.9 Å². The lowest BCUT2D eigenvalue weighted by Gasteiger charge is -2.03. The molecule has 0 bridgehead atoms. The maximum Gasteiger partial charge on any atom is 0.206 e. The summed E-state index contributed by atoms with van der Waals surface area (Å²) in [5.74, 6) is 0.262. The maximum atomic E-state index is 13.2. The molecule has 3 rings (SSSR count). The van der Waals surface area contributed by atoms with Gasteiger partial charge in [-0.3, -0.25) is 4.79 Å². The molecule has 2 aromatic carbocycles. The number of hydrogen-bond donors (Lipinski definition) is 2. The van der Waals surface area contributed by atoms with Gasteiger partial charge in [0, 0.05) is 11.3 Å². The zero-order chi connectivity index (χ0) is 17.8. The number of rotatable bonds is 6. The highest BCUT2D eigenvalue weighted by Crippen LogP contribution is 2.30. The summed E-state index contributed by atoms with van der Waals surface area (Å²) in [6.07, 6.45) is 0. The van der Waals surface area contributed by atoms with E-state index in [1.54, 1.807) is 36.4 Å². The number of halogens is 1. The molecule has 3 N–H and O–H groups in total. The Bertz CT molecular complexity index is 894. The number of ether oxygens (including phenoxy) is 1. The second-order valence-corrected chi connectivity index (χ2v) is 6.15. The Balaban J connectivity index is 1.80. The number of carbonyl (C=O) groups is 1. The molecule has 0 saturated heterocycles. The fourth-order valence-corrected chi connectivity index (χ4v) is 3.11. The first-order chi connectivity index (χ1) is 12.1. The fourth-order valence-electron chi connectivity index (χ4n) is 2.24. The molecule has 5 nitrogen and oxygen atoms in total. The van der Waals surface area contributed by atoms with Crippen LogP contribution in [0, 0.1) is 5.82 Å². The van der Waals surface area contributed by atoms with Crippen molar-refractivity contribution in [2.45, 2.75) is 6.92 Å². The van der Waals surface area contributed by atoms with Crippen LogP contribution in [0.3, 0.4) is 0 Å². The van der Waals surface area contributed by atoms with Crippen LogP contribution < -0.4 is 15.8 Å². The third kappa shape index (κ3) is 3.95. The zero-order valence-electron chi connectivity index (χ0n) is 13.5. The van der Waals surface area contributed by atoms with Crippen molar-refractivity contribution in [1.82, 2.24) is 4.98 Å². The summed E-state index contributed by atoms with van der Waals surface area (Å²) in [6, 6.07) is 12.8. The van der Waals surface area contributed by atoms with Crippen LogP contribution in [0.15, 0.2) is 48.5 Å². The number of thiazole rings is 1. The molecule has 0 unspecified atom stereocenters. The number of anilines is 3. The van der Waals surface area contributed by atoms with E-state index in [1.165, 1.54) is 12.1 Å². The third-order valence-corrected chi connectivity index (χ3v) is 4.35. The summed E-state index contributed by atoms with van der Waals surface area (Å²) in [7, 11) is 0. The largest absolute Gasteiger partial charge is 0.494 e. The molecule has 0 aliphatic carbocycles. The normalized spacial score (nSPS) is 10.5. The predicted octanol–water partition coefficient (Wildman–Crippen LogP) is 4.24. The summed E-state index contributed by atoms with van der Waals surface area (Å²) >= 11 is 1.13. The molecule has 0 amide bonds. The number of ketones is 1. The lowest BCUT2D eigenvalue weighted by Crippen LogP contribution is -2.02. The molecular weight excluding hydrogens is 341 g/mol. The summed E-state index contributed by atoms with van der Waals surface area (Å²) in [4.78, 5) is 17.1. The van der Waals surface area contributed by atoms with E-state index in [-0.39, 0.29) is 17.4 Å². The van der Waals surface area contributed by atoms with Crippen LogP contribution in [0.1, 0.15) is 22.2 Å². The van der Waals surface area contributed by atoms with E-state index in [2.05, 4.69) is 10.3 Å². The number of benzene rings is 2. The lowest BCUT2D eigenvalue weighted by atomic mass is 10.1. The quantitative estimate of drug-likeness (QED) is 0.645. The van der Waals surface area contributed by atoms with Gasteiger partial charge in [0.25, 0.3) is 0 Å². The number of nitrogens with one attached hydrogen (secondary N) is 1. The van der Waals surface area contributed by atoms with Crippen molar-refractivity contribution in [1.29, 1.82) is 0 Å². The van der Waals surface area contributed by atoms with Gasteiger partial charge in [-0.15, -0.1) is 0 Å². The average Bonchev–Trinajstić information content (AvgIpc) is 2.95. The van der Waals surface area contributed by atoms with E-state index < -0.39 is 0 Å². The van der Waals surface area contributed by atoms with E-state index in [1.807, 2.05) is 6.92 Å². The van der Waals surface area contributed by atoms with Gasteiger partial charge in [-0.1, -0.05) is 17.4 Å². The minimum Gasteiger partial charge on any atom is -0.494 e. The number of nitrogens with two attached hydrogens (primary N) is 1. The molecule has 0 atom stereocenters. The first-order valence-corrected chi connectivity index (χ1v) is 8.45. The summed E-state index contributed by atoms with van der Waals surface area (Å²) < 4.78 is 18.6. The Hall–Kier alpha value is -2.93. The van der Waals surface area contributed by atoms with E-state index in [4.69, 9.17) is 10.5 Å². The van der Waals surface area contributed by atoms with Crippen molar-refractivity contribution in [3.05, 3.63) is 64.8 Å². The number of carbonyl (C=O) groups excluding carboxylic acids is 1. The van der Waals surface area contributed by atoms with Gasteiger partial charge in [0.15, 0.2) is 5.13 Å². The van der Waals surface area contributed by atoms with Crippen LogP contribution >= 0.6 is 11.3 Å². The first-order valence-electron chi connectivity index (χ1n) is 7.63. The molecule has 0 aliphatic heterocycles. The molecule has 0 saturated carbocycles. The van der Waals surface area contributed by atoms with Gasteiger partial charge in [-0.05, 0) is 49.4 Å². The van der Waals surface area contributed by atoms with Gasteiger partial charge in [0.05, 0.1) is 6.61 Å². The summed E-state index contributed by atoms with van der Waals surface area (Å²) in [6.45, 7) is 2.45. The van der Waals surface area contributed by atoms with E-state index in [9.17, 15) is 9.18 Å². The van der Waals surface area contributed by atoms with Gasteiger partial charge in [-0.2, -0.15) is 0 Å². The monoisotopic (exact) mass is 357 g/mol. The Kier molecular flexibility index (Phi) is 4.95. The van der Waals surface area contributed by atoms with Crippen LogP contribution in [-0.2, 0) is 0 Å². The van der Waals surface area contributed by atoms with Crippen molar-refractivity contribution in [2.24, 2.45) is 0 Å². The van der Waals surface area contributed by atoms with Crippen molar-refractivity contribution >= 4 is 33.8 Å². The van der Waals surface area contributed by atoms with E-state index in [0.29, 0.717) is 33.6 Å². The molecule has 0 radical (unpaired) electrons. The first kappa shape index (κ1) is 16.9. The van der Waals surface area contributed by atoms with Gasteiger partial charge >= 0.3 is 0 Å². The molecule has 7 heteroatoms. The number of aromatic nitrogens is 1. The van der Waals surface area contributed by atoms with Crippen molar-refractivity contribution in [3.8, 4) is 5.75 Å². The van der Waals surface area contributed by atoms with Gasteiger partial charge in [-0.25, -0.2) is 9.37 Å². The second-order valence-electron chi connectivity index (χ2n) is 5.16. The Morgan fingerprint density at radius 2 is 2.04 bits per heavy atom. The molecule has 128 valence electrons. The topological polar surface area (TPSA) is 77.2 Å². The zero-order valence-corrected chi connectivity index (χ0v) is 14.3. The second kappa shape index (κ2) is 7.31. The standard InChI is InChI=1S/C18H16FN3O2S/c1-2-24-14-8-6-11(7-9-14)15(23)16-17(20)22-18(25-16)21-13-5-3-4-12(19)10-13/h3-10H,2,20H2,1H3,(H,21,22). The van der Waals surface area contributed by atoms with Crippen LogP contribution in [0.2, 0.25) is 0 Å². The molecule has 0 spiro atoms. The Labute approximate surface area is 148 Å². The van der Waals surface area contributed by atoms with E-state index in [0.717, 1.165) is 11.3 Å². The lowest BCUT2D eigenvalue weighted by molar-refractivity contribution is 0.104. The number of nitrogens with zero attached hydrogens (tertiary/aromatic N) is 1. The minimum atomic E-state index is -0.361. The highest BCUT2D eigenvalue weighted by molar-refractivity contribution is 7.18. The van der Waals surface area contributed by atoms with Gasteiger partial charge in [0.1, 0.15) is 22.3 Å². The number of nitrogen functional groups attached to an aromatic ring is 1. The highest BCUT2D eigenvalue weighted by Gasteiger charge is 2.18. The fraction of sp³-hybridized carbons (Fsp3) is 0.111. The minimum absolute atomic E-state index is 0.141. The smallest absolute Gasteiger partial charge is 0.206 e. The number of hydrogen-bond acceptors (Lipinski definition) is 6. The van der Waals surface area contributed by atoms with E-state index >= 15 is 0 Å². The van der Waals surface area contributed by atoms with Crippen LogP contribution in [-0.4, -0.2) is 17.4 Å². The molecular formula is C18H16FN3O2S. The van der Waals surface area contributed by atoms with Crippen LogP contribution in [0.5, 0.6) is 5.75 Å². The van der Waals surface area contributed by atoms with Crippen LogP contribution in [0.4, 0.5) is 21.0 Å². The maximum absolute atomic E-state index is 13.2. The average molecular weight is 357 g/mol. The van der Waals surface area contributed by atoms with Crippen LogP contribution in [0.25, 0.3) is 0 Å². The van der Waals surface area contributed by atoms with Crippen molar-refractivity contribution in [3.63, 3.8) is 0 Å². The highest BCUT2D eigenvalue weighted by atomic mass is 32.1. The molecule has 3 aromatic rings. The summed E-state index contributed by atoms with van der Waals surface area (Å²) in [5.41, 5.74) is 6.91. The Morgan fingerprint density at radius 3 is 2.72 bits per heavy atom. The Morgan fingerprint density at radius 1 is 1.28 bits per heavy atom. The molecule has 1 aromatic heterocycles. The SMILES string of the molecule is CCOc1ccc(C(=O)c2sc(Nc3cccc(F)c3)nc2N)cc1. The summed E-state index contributed by atoms with van der Waals surface area (Å²) in [5, 5.41) is 3.38. The molecule has 25 heavy (non-hydrogen) atoms. The van der Waals surface area contributed by atoms with Gasteiger partial charge < -0.3 is 15.8 Å². The molecule has 0 aliphatic rings. The van der Waals surface area contributed by atoms with Gasteiger partial charge in [0.2, 0.25) is 5.78 Å².